The van der Waals surface area contributed by atoms with Crippen molar-refractivity contribution in [3.8, 4) is 0 Å². The first-order chi connectivity index (χ1) is 9.38. The van der Waals surface area contributed by atoms with Crippen molar-refractivity contribution in [3.05, 3.63) is 12.2 Å². The molecule has 20 heavy (non-hydrogen) atoms. The van der Waals surface area contributed by atoms with E-state index in [0.29, 0.717) is 17.8 Å². The topological polar surface area (TPSA) is 35.5 Å². The SMILES string of the molecule is CCCCC(C)/C=C\COC(=O)OC(C(C)C)C(C)C. The van der Waals surface area contributed by atoms with Gasteiger partial charge in [-0.25, -0.2) is 4.79 Å². The second-order valence-corrected chi connectivity index (χ2v) is 6.18. The average Bonchev–Trinajstić information content (AvgIpc) is 2.37. The summed E-state index contributed by atoms with van der Waals surface area (Å²) in [6, 6.07) is 0. The van der Waals surface area contributed by atoms with Crippen molar-refractivity contribution in [1.82, 2.24) is 0 Å². The first-order valence-corrected chi connectivity index (χ1v) is 7.88. The van der Waals surface area contributed by atoms with Gasteiger partial charge in [-0.1, -0.05) is 66.5 Å². The van der Waals surface area contributed by atoms with Gasteiger partial charge in [0, 0.05) is 0 Å². The van der Waals surface area contributed by atoms with Crippen LogP contribution in [-0.2, 0) is 9.47 Å². The number of allylic oxidation sites excluding steroid dienone is 1. The van der Waals surface area contributed by atoms with Crippen LogP contribution in [0.1, 0.15) is 60.8 Å². The fraction of sp³-hybridized carbons (Fsp3) is 0.824. The summed E-state index contributed by atoms with van der Waals surface area (Å²) < 4.78 is 10.4. The molecule has 0 aromatic heterocycles. The van der Waals surface area contributed by atoms with E-state index in [1.165, 1.54) is 19.3 Å². The number of rotatable bonds is 9. The van der Waals surface area contributed by atoms with E-state index in [0.717, 1.165) is 0 Å². The van der Waals surface area contributed by atoms with Gasteiger partial charge in [-0.15, -0.1) is 0 Å². The molecule has 0 bridgehead atoms. The molecular weight excluding hydrogens is 252 g/mol. The summed E-state index contributed by atoms with van der Waals surface area (Å²) in [6.07, 6.45) is 6.98. The molecule has 0 rings (SSSR count). The summed E-state index contributed by atoms with van der Waals surface area (Å²) in [5, 5.41) is 0. The van der Waals surface area contributed by atoms with Gasteiger partial charge in [-0.05, 0) is 24.2 Å². The Morgan fingerprint density at radius 1 is 1.10 bits per heavy atom. The Morgan fingerprint density at radius 3 is 2.20 bits per heavy atom. The number of carbonyl (C=O) groups is 1. The van der Waals surface area contributed by atoms with E-state index in [-0.39, 0.29) is 12.7 Å². The number of hydrogen-bond donors (Lipinski definition) is 0. The number of ether oxygens (including phenoxy) is 2. The molecule has 118 valence electrons. The molecule has 3 heteroatoms. The minimum Gasteiger partial charge on any atom is -0.430 e. The summed E-state index contributed by atoms with van der Waals surface area (Å²) in [5.74, 6) is 1.13. The molecule has 0 aromatic carbocycles. The molecule has 0 fully saturated rings. The Labute approximate surface area is 124 Å². The van der Waals surface area contributed by atoms with Crippen LogP contribution in [0.4, 0.5) is 4.79 Å². The third-order valence-electron chi connectivity index (χ3n) is 3.32. The van der Waals surface area contributed by atoms with Crippen LogP contribution in [0.15, 0.2) is 12.2 Å². The quantitative estimate of drug-likeness (QED) is 0.431. The fourth-order valence-corrected chi connectivity index (χ4v) is 2.21. The lowest BCUT2D eigenvalue weighted by molar-refractivity contribution is -0.00629. The van der Waals surface area contributed by atoms with Gasteiger partial charge < -0.3 is 9.47 Å². The largest absolute Gasteiger partial charge is 0.508 e. The van der Waals surface area contributed by atoms with Crippen molar-refractivity contribution >= 4 is 6.16 Å². The van der Waals surface area contributed by atoms with Crippen LogP contribution in [0.5, 0.6) is 0 Å². The van der Waals surface area contributed by atoms with Gasteiger partial charge >= 0.3 is 6.16 Å². The van der Waals surface area contributed by atoms with Crippen molar-refractivity contribution in [3.63, 3.8) is 0 Å². The van der Waals surface area contributed by atoms with Gasteiger partial charge in [-0.2, -0.15) is 0 Å². The molecular formula is C17H32O3. The van der Waals surface area contributed by atoms with Gasteiger partial charge in [0.25, 0.3) is 0 Å². The van der Waals surface area contributed by atoms with Gasteiger partial charge in [0.2, 0.25) is 0 Å². The highest BCUT2D eigenvalue weighted by Gasteiger charge is 2.22. The van der Waals surface area contributed by atoms with E-state index in [1.54, 1.807) is 0 Å². The smallest absolute Gasteiger partial charge is 0.430 e. The zero-order valence-corrected chi connectivity index (χ0v) is 14.0. The highest BCUT2D eigenvalue weighted by Crippen LogP contribution is 2.16. The zero-order chi connectivity index (χ0) is 15.5. The van der Waals surface area contributed by atoms with Crippen molar-refractivity contribution in [2.45, 2.75) is 66.9 Å². The molecule has 0 aliphatic carbocycles. The molecule has 0 aliphatic rings. The maximum absolute atomic E-state index is 11.6. The van der Waals surface area contributed by atoms with Crippen LogP contribution in [0.25, 0.3) is 0 Å². The van der Waals surface area contributed by atoms with Crippen LogP contribution >= 0.6 is 0 Å². The Bertz CT molecular complexity index is 274. The highest BCUT2D eigenvalue weighted by molar-refractivity contribution is 5.60. The number of unbranched alkanes of at least 4 members (excludes halogenated alkanes) is 1. The maximum atomic E-state index is 11.6. The standard InChI is InChI=1S/C17H32O3/c1-7-8-10-15(6)11-9-12-19-17(18)20-16(13(2)3)14(4)5/h9,11,13-16H,7-8,10,12H2,1-6H3/b11-9-. The monoisotopic (exact) mass is 284 g/mol. The first kappa shape index (κ1) is 19.0. The van der Waals surface area contributed by atoms with E-state index in [1.807, 2.05) is 33.8 Å². The summed E-state index contributed by atoms with van der Waals surface area (Å²) in [4.78, 5) is 11.6. The molecule has 0 radical (unpaired) electrons. The molecule has 0 saturated heterocycles. The van der Waals surface area contributed by atoms with Crippen molar-refractivity contribution in [2.24, 2.45) is 17.8 Å². The summed E-state index contributed by atoms with van der Waals surface area (Å²) >= 11 is 0. The lowest BCUT2D eigenvalue weighted by atomic mass is 9.96. The van der Waals surface area contributed by atoms with Gasteiger partial charge in [-0.3, -0.25) is 0 Å². The van der Waals surface area contributed by atoms with Crippen LogP contribution in [0, 0.1) is 17.8 Å². The van der Waals surface area contributed by atoms with Crippen LogP contribution in [-0.4, -0.2) is 18.9 Å². The van der Waals surface area contributed by atoms with E-state index < -0.39 is 6.16 Å². The predicted molar refractivity (Wildman–Crippen MR) is 83.7 cm³/mol. The summed E-state index contributed by atoms with van der Waals surface area (Å²) in [5.41, 5.74) is 0. The lowest BCUT2D eigenvalue weighted by Gasteiger charge is -2.24. The molecule has 0 saturated carbocycles. The fourth-order valence-electron chi connectivity index (χ4n) is 2.21. The molecule has 3 nitrogen and oxygen atoms in total. The van der Waals surface area contributed by atoms with Gasteiger partial charge in [0.05, 0.1) is 0 Å². The predicted octanol–water partition coefficient (Wildman–Crippen LogP) is 5.20. The van der Waals surface area contributed by atoms with Crippen LogP contribution in [0.2, 0.25) is 0 Å². The summed E-state index contributed by atoms with van der Waals surface area (Å²) in [6.45, 7) is 12.9. The van der Waals surface area contributed by atoms with E-state index in [9.17, 15) is 4.79 Å². The van der Waals surface area contributed by atoms with E-state index >= 15 is 0 Å². The summed E-state index contributed by atoms with van der Waals surface area (Å²) in [7, 11) is 0. The molecule has 0 N–H and O–H groups in total. The van der Waals surface area contributed by atoms with Gasteiger partial charge in [0.15, 0.2) is 0 Å². The highest BCUT2D eigenvalue weighted by atomic mass is 16.7. The van der Waals surface area contributed by atoms with Gasteiger partial charge in [0.1, 0.15) is 12.7 Å². The lowest BCUT2D eigenvalue weighted by Crippen LogP contribution is -2.29. The molecule has 0 heterocycles. The van der Waals surface area contributed by atoms with E-state index in [4.69, 9.17) is 9.47 Å². The third-order valence-corrected chi connectivity index (χ3v) is 3.32. The van der Waals surface area contributed by atoms with E-state index in [2.05, 4.69) is 19.9 Å². The normalized spacial score (nSPS) is 13.4. The molecule has 0 aromatic rings. The third kappa shape index (κ3) is 9.00. The molecule has 0 amide bonds. The Balaban J connectivity index is 3.96. The molecule has 0 spiro atoms. The maximum Gasteiger partial charge on any atom is 0.508 e. The first-order valence-electron chi connectivity index (χ1n) is 7.88. The molecule has 0 aliphatic heterocycles. The minimum atomic E-state index is -0.566. The second kappa shape index (κ2) is 10.8. The van der Waals surface area contributed by atoms with Crippen LogP contribution in [0.3, 0.4) is 0 Å². The van der Waals surface area contributed by atoms with Crippen molar-refractivity contribution in [2.75, 3.05) is 6.61 Å². The van der Waals surface area contributed by atoms with Crippen molar-refractivity contribution < 1.29 is 14.3 Å². The van der Waals surface area contributed by atoms with Crippen LogP contribution < -0.4 is 0 Å². The average molecular weight is 284 g/mol. The Hall–Kier alpha value is -0.990. The second-order valence-electron chi connectivity index (χ2n) is 6.18. The Morgan fingerprint density at radius 2 is 1.70 bits per heavy atom. The molecule has 1 atom stereocenters. The molecule has 1 unspecified atom stereocenters. The number of carbonyl (C=O) groups excluding carboxylic acids is 1. The number of hydrogen-bond acceptors (Lipinski definition) is 3. The zero-order valence-electron chi connectivity index (χ0n) is 14.0. The Kier molecular flexibility index (Phi) is 10.2. The van der Waals surface area contributed by atoms with Crippen molar-refractivity contribution in [1.29, 1.82) is 0 Å². The minimum absolute atomic E-state index is 0.0880.